The van der Waals surface area contributed by atoms with Gasteiger partial charge in [0.2, 0.25) is 11.8 Å². The molecule has 0 spiro atoms. The Labute approximate surface area is 155 Å². The lowest BCUT2D eigenvalue weighted by Gasteiger charge is -2.26. The monoisotopic (exact) mass is 382 g/mol. The van der Waals surface area contributed by atoms with Crippen LogP contribution in [0.3, 0.4) is 0 Å². The van der Waals surface area contributed by atoms with Gasteiger partial charge in [0.25, 0.3) is 0 Å². The number of carboxylic acids is 1. The topological polar surface area (TPSA) is 86.7 Å². The molecule has 8 heteroatoms. The summed E-state index contributed by atoms with van der Waals surface area (Å²) in [6.07, 6.45) is 3.38. The van der Waals surface area contributed by atoms with Crippen molar-refractivity contribution in [2.45, 2.75) is 31.8 Å². The maximum atomic E-state index is 13.8. The molecule has 2 rings (SSSR count). The largest absolute Gasteiger partial charge is 0.480 e. The van der Waals surface area contributed by atoms with Crippen molar-refractivity contribution < 1.29 is 23.9 Å². The summed E-state index contributed by atoms with van der Waals surface area (Å²) >= 11 is 5.70. The van der Waals surface area contributed by atoms with Crippen LogP contribution < -0.4 is 5.32 Å². The van der Waals surface area contributed by atoms with Crippen LogP contribution >= 0.6 is 11.6 Å². The van der Waals surface area contributed by atoms with Crippen molar-refractivity contribution in [1.82, 2.24) is 10.2 Å². The Balaban J connectivity index is 2.27. The lowest BCUT2D eigenvalue weighted by Crippen LogP contribution is -2.44. The molecular formula is C18H20ClFN2O4. The molecule has 1 saturated heterocycles. The Morgan fingerprint density at radius 2 is 2.19 bits per heavy atom. The maximum absolute atomic E-state index is 13.8. The predicted molar refractivity (Wildman–Crippen MR) is 94.0 cm³/mol. The highest BCUT2D eigenvalue weighted by molar-refractivity contribution is 6.30. The van der Waals surface area contributed by atoms with Crippen LogP contribution in [0.4, 0.5) is 4.39 Å². The molecule has 1 aliphatic rings. The van der Waals surface area contributed by atoms with Crippen molar-refractivity contribution in [3.63, 3.8) is 0 Å². The molecule has 1 aliphatic heterocycles. The number of hydrogen-bond acceptors (Lipinski definition) is 3. The Kier molecular flexibility index (Phi) is 6.37. The molecule has 1 aromatic rings. The molecule has 0 saturated carbocycles. The Morgan fingerprint density at radius 1 is 1.50 bits per heavy atom. The third-order valence-corrected chi connectivity index (χ3v) is 4.74. The minimum atomic E-state index is -1.16. The molecule has 3 unspecified atom stereocenters. The quantitative estimate of drug-likeness (QED) is 0.740. The van der Waals surface area contributed by atoms with Gasteiger partial charge in [0.1, 0.15) is 11.9 Å². The van der Waals surface area contributed by atoms with Crippen molar-refractivity contribution in [3.8, 4) is 0 Å². The summed E-state index contributed by atoms with van der Waals surface area (Å²) in [4.78, 5) is 37.5. The number of carbonyl (C=O) groups excluding carboxylic acids is 2. The lowest BCUT2D eigenvalue weighted by molar-refractivity contribution is -0.142. The number of amides is 2. The SMILES string of the molecule is C/C=C/CC(NC(=O)C1CC(=O)N(C)C1c1ccc(Cl)c(F)c1)C(=O)O. The van der Waals surface area contributed by atoms with Crippen LogP contribution in [0.5, 0.6) is 0 Å². The Morgan fingerprint density at radius 3 is 2.77 bits per heavy atom. The summed E-state index contributed by atoms with van der Waals surface area (Å²) in [6, 6.07) is 2.33. The van der Waals surface area contributed by atoms with Gasteiger partial charge in [-0.2, -0.15) is 0 Å². The number of nitrogens with zero attached hydrogens (tertiary/aromatic N) is 1. The maximum Gasteiger partial charge on any atom is 0.326 e. The molecule has 2 N–H and O–H groups in total. The second-order valence-corrected chi connectivity index (χ2v) is 6.54. The normalized spacial score (nSPS) is 21.2. The molecule has 1 fully saturated rings. The van der Waals surface area contributed by atoms with E-state index >= 15 is 0 Å². The molecule has 0 aromatic heterocycles. The molecule has 0 radical (unpaired) electrons. The van der Waals surface area contributed by atoms with Gasteiger partial charge >= 0.3 is 5.97 Å². The van der Waals surface area contributed by atoms with Gasteiger partial charge < -0.3 is 15.3 Å². The van der Waals surface area contributed by atoms with E-state index in [-0.39, 0.29) is 23.8 Å². The molecule has 1 heterocycles. The summed E-state index contributed by atoms with van der Waals surface area (Å²) in [7, 11) is 1.53. The summed E-state index contributed by atoms with van der Waals surface area (Å²) in [5.74, 6) is -3.46. The molecule has 3 atom stereocenters. The first-order valence-corrected chi connectivity index (χ1v) is 8.49. The number of benzene rings is 1. The number of carboxylic acid groups (broad SMARTS) is 1. The zero-order chi connectivity index (χ0) is 19.4. The summed E-state index contributed by atoms with van der Waals surface area (Å²) < 4.78 is 13.8. The van der Waals surface area contributed by atoms with Gasteiger partial charge in [-0.1, -0.05) is 29.8 Å². The van der Waals surface area contributed by atoms with E-state index in [1.165, 1.54) is 24.1 Å². The smallest absolute Gasteiger partial charge is 0.326 e. The fraction of sp³-hybridized carbons (Fsp3) is 0.389. The van der Waals surface area contributed by atoms with E-state index in [2.05, 4.69) is 5.32 Å². The van der Waals surface area contributed by atoms with Crippen LogP contribution in [0.15, 0.2) is 30.4 Å². The average Bonchev–Trinajstić information content (AvgIpc) is 2.89. The molecule has 6 nitrogen and oxygen atoms in total. The molecule has 1 aromatic carbocycles. The first-order valence-electron chi connectivity index (χ1n) is 8.11. The van der Waals surface area contributed by atoms with Gasteiger partial charge in [-0.25, -0.2) is 9.18 Å². The highest BCUT2D eigenvalue weighted by Crippen LogP contribution is 2.38. The van der Waals surface area contributed by atoms with Crippen LogP contribution in [0.25, 0.3) is 0 Å². The minimum Gasteiger partial charge on any atom is -0.480 e. The van der Waals surface area contributed by atoms with Crippen molar-refractivity contribution in [3.05, 3.63) is 46.8 Å². The number of allylic oxidation sites excluding steroid dienone is 1. The average molecular weight is 383 g/mol. The number of nitrogens with one attached hydrogen (secondary N) is 1. The standard InChI is InChI=1S/C18H20ClFN2O4/c1-3-4-5-14(18(25)26)21-17(24)11-9-15(23)22(2)16(11)10-6-7-12(19)13(20)8-10/h3-4,6-8,11,14,16H,5,9H2,1-2H3,(H,21,24)(H,25,26)/b4-3+. The first-order chi connectivity index (χ1) is 12.3. The molecule has 0 bridgehead atoms. The van der Waals surface area contributed by atoms with Gasteiger partial charge in [0.05, 0.1) is 17.0 Å². The van der Waals surface area contributed by atoms with Crippen molar-refractivity contribution in [1.29, 1.82) is 0 Å². The Bertz CT molecular complexity index is 753. The van der Waals surface area contributed by atoms with Crippen molar-refractivity contribution >= 4 is 29.4 Å². The molecular weight excluding hydrogens is 363 g/mol. The van der Waals surface area contributed by atoms with E-state index in [1.54, 1.807) is 25.1 Å². The van der Waals surface area contributed by atoms with E-state index in [0.29, 0.717) is 5.56 Å². The summed E-state index contributed by atoms with van der Waals surface area (Å²) in [5.41, 5.74) is 0.431. The zero-order valence-corrected chi connectivity index (χ0v) is 15.2. The van der Waals surface area contributed by atoms with Gasteiger partial charge in [-0.15, -0.1) is 0 Å². The van der Waals surface area contributed by atoms with E-state index in [4.69, 9.17) is 11.6 Å². The van der Waals surface area contributed by atoms with Crippen LogP contribution in [-0.2, 0) is 14.4 Å². The summed E-state index contributed by atoms with van der Waals surface area (Å²) in [5, 5.41) is 11.7. The fourth-order valence-corrected chi connectivity index (χ4v) is 3.15. The first kappa shape index (κ1) is 19.9. The van der Waals surface area contributed by atoms with E-state index in [1.807, 2.05) is 0 Å². The fourth-order valence-electron chi connectivity index (χ4n) is 3.03. The van der Waals surface area contributed by atoms with Crippen LogP contribution in [0.2, 0.25) is 5.02 Å². The number of halogens is 2. The Hall–Kier alpha value is -2.41. The van der Waals surface area contributed by atoms with Gasteiger partial charge in [0.15, 0.2) is 0 Å². The van der Waals surface area contributed by atoms with Gasteiger partial charge in [0, 0.05) is 13.5 Å². The molecule has 140 valence electrons. The zero-order valence-electron chi connectivity index (χ0n) is 14.4. The van der Waals surface area contributed by atoms with Gasteiger partial charge in [-0.3, -0.25) is 9.59 Å². The van der Waals surface area contributed by atoms with Crippen molar-refractivity contribution in [2.75, 3.05) is 7.05 Å². The highest BCUT2D eigenvalue weighted by Gasteiger charge is 2.43. The molecule has 26 heavy (non-hydrogen) atoms. The molecule has 2 amide bonds. The minimum absolute atomic E-state index is 0.0565. The second kappa shape index (κ2) is 8.31. The predicted octanol–water partition coefficient (Wildman–Crippen LogP) is 2.53. The number of aliphatic carboxylic acids is 1. The van der Waals surface area contributed by atoms with Crippen molar-refractivity contribution in [2.24, 2.45) is 5.92 Å². The van der Waals surface area contributed by atoms with Crippen LogP contribution in [-0.4, -0.2) is 40.9 Å². The third kappa shape index (κ3) is 4.22. The van der Waals surface area contributed by atoms with E-state index in [9.17, 15) is 23.9 Å². The van der Waals surface area contributed by atoms with Crippen LogP contribution in [0, 0.1) is 11.7 Å². The highest BCUT2D eigenvalue weighted by atomic mass is 35.5. The number of rotatable bonds is 6. The van der Waals surface area contributed by atoms with Crippen LogP contribution in [0.1, 0.15) is 31.4 Å². The third-order valence-electron chi connectivity index (χ3n) is 4.43. The lowest BCUT2D eigenvalue weighted by atomic mass is 9.92. The molecule has 0 aliphatic carbocycles. The van der Waals surface area contributed by atoms with E-state index in [0.717, 1.165) is 0 Å². The summed E-state index contributed by atoms with van der Waals surface area (Å²) in [6.45, 7) is 1.75. The number of likely N-dealkylation sites (tertiary alicyclic amines) is 1. The van der Waals surface area contributed by atoms with E-state index < -0.39 is 35.7 Å². The van der Waals surface area contributed by atoms with Gasteiger partial charge in [-0.05, 0) is 31.0 Å². The number of hydrogen-bond donors (Lipinski definition) is 2. The number of carbonyl (C=O) groups is 3. The second-order valence-electron chi connectivity index (χ2n) is 6.14.